The molecule has 1 fully saturated rings. The summed E-state index contributed by atoms with van der Waals surface area (Å²) in [5.41, 5.74) is 2.30. The van der Waals surface area contributed by atoms with Crippen molar-refractivity contribution in [3.05, 3.63) is 52.8 Å². The number of carbonyl (C=O) groups is 1. The molecule has 1 amide bonds. The molecule has 208 valence electrons. The average molecular weight is 547 g/mol. The molecule has 4 rings (SSSR count). The van der Waals surface area contributed by atoms with Crippen LogP contribution in [0.5, 0.6) is 5.75 Å². The van der Waals surface area contributed by atoms with Crippen molar-refractivity contribution in [1.82, 2.24) is 15.1 Å². The molecule has 0 unspecified atom stereocenters. The van der Waals surface area contributed by atoms with Gasteiger partial charge in [0.15, 0.2) is 0 Å². The van der Waals surface area contributed by atoms with Crippen LogP contribution >= 0.6 is 0 Å². The normalized spacial score (nSPS) is 20.4. The monoisotopic (exact) mass is 546 g/mol. The molecule has 8 nitrogen and oxygen atoms in total. The molecule has 2 aromatic rings. The van der Waals surface area contributed by atoms with Gasteiger partial charge in [0, 0.05) is 45.1 Å². The summed E-state index contributed by atoms with van der Waals surface area (Å²) >= 11 is 0. The van der Waals surface area contributed by atoms with Crippen LogP contribution < -0.4 is 14.4 Å². The van der Waals surface area contributed by atoms with E-state index >= 15 is 0 Å². The van der Waals surface area contributed by atoms with Crippen molar-refractivity contribution < 1.29 is 22.3 Å². The van der Waals surface area contributed by atoms with Gasteiger partial charge in [0.25, 0.3) is 10.0 Å². The molecule has 0 spiro atoms. The first kappa shape index (κ1) is 28.3. The Labute approximate surface area is 225 Å². The van der Waals surface area contributed by atoms with Crippen LogP contribution in [0.1, 0.15) is 42.4 Å². The van der Waals surface area contributed by atoms with Crippen molar-refractivity contribution in [2.45, 2.75) is 50.5 Å². The number of ether oxygens (including phenoxy) is 1. The topological polar surface area (TPSA) is 82.2 Å². The van der Waals surface area contributed by atoms with E-state index in [4.69, 9.17) is 4.74 Å². The molecule has 0 bridgehead atoms. The summed E-state index contributed by atoms with van der Waals surface area (Å²) in [5.74, 6) is -0.469. The molecule has 0 radical (unpaired) electrons. The average Bonchev–Trinajstić information content (AvgIpc) is 3.15. The highest BCUT2D eigenvalue weighted by Gasteiger charge is 2.44. The van der Waals surface area contributed by atoms with Crippen LogP contribution in [0.3, 0.4) is 0 Å². The van der Waals surface area contributed by atoms with Crippen LogP contribution in [0.15, 0.2) is 35.2 Å². The Bertz CT molecular complexity index is 1280. The van der Waals surface area contributed by atoms with Crippen molar-refractivity contribution in [3.63, 3.8) is 0 Å². The molecule has 2 heterocycles. The fraction of sp³-hybridized carbons (Fsp3) is 0.536. The van der Waals surface area contributed by atoms with E-state index in [0.29, 0.717) is 29.1 Å². The minimum atomic E-state index is -3.98. The second-order valence-corrected chi connectivity index (χ2v) is 12.2. The van der Waals surface area contributed by atoms with Crippen molar-refractivity contribution in [3.8, 4) is 5.75 Å². The quantitative estimate of drug-likeness (QED) is 0.487. The minimum absolute atomic E-state index is 0.0821. The lowest BCUT2D eigenvalue weighted by Gasteiger charge is -2.32. The number of benzene rings is 2. The van der Waals surface area contributed by atoms with Gasteiger partial charge in [-0.2, -0.15) is 0 Å². The summed E-state index contributed by atoms with van der Waals surface area (Å²) < 4.78 is 48.9. The molecule has 1 saturated heterocycles. The smallest absolute Gasteiger partial charge is 0.264 e. The van der Waals surface area contributed by atoms with Gasteiger partial charge in [-0.25, -0.2) is 12.8 Å². The third-order valence-electron chi connectivity index (χ3n) is 8.00. The van der Waals surface area contributed by atoms with Crippen LogP contribution in [-0.2, 0) is 14.8 Å². The number of hydrogen-bond donors (Lipinski definition) is 1. The number of nitrogens with one attached hydrogen (secondary N) is 1. The van der Waals surface area contributed by atoms with E-state index in [1.807, 2.05) is 6.92 Å². The minimum Gasteiger partial charge on any atom is -0.496 e. The summed E-state index contributed by atoms with van der Waals surface area (Å²) in [6.07, 6.45) is 0.927. The zero-order valence-corrected chi connectivity index (χ0v) is 23.8. The molecule has 2 aliphatic rings. The standard InChI is InChI=1S/C28H39FN4O4S/c1-19-20(2)27(10-9-26(19)37-5)38(35,36)33-21(3)23(24-17-22(29)7-8-25(24)33)18-28(34)30-11-6-12-32-15-13-31(4)14-16-32/h7-10,17,21,23H,6,11-16,18H2,1-5H3,(H,30,34)/t21-,23+/m1/s1. The Morgan fingerprint density at radius 3 is 2.50 bits per heavy atom. The zero-order valence-electron chi connectivity index (χ0n) is 23.0. The Morgan fingerprint density at radius 1 is 1.11 bits per heavy atom. The summed E-state index contributed by atoms with van der Waals surface area (Å²) in [6.45, 7) is 11.0. The number of fused-ring (bicyclic) bond motifs is 1. The predicted octanol–water partition coefficient (Wildman–Crippen LogP) is 3.28. The second kappa shape index (κ2) is 11.6. The molecule has 10 heteroatoms. The number of carbonyl (C=O) groups excluding carboxylic acids is 1. The molecule has 0 aromatic heterocycles. The van der Waals surface area contributed by atoms with E-state index in [0.717, 1.165) is 44.7 Å². The number of nitrogens with zero attached hydrogens (tertiary/aromatic N) is 3. The van der Waals surface area contributed by atoms with Crippen molar-refractivity contribution >= 4 is 21.6 Å². The SMILES string of the molecule is COc1ccc(S(=O)(=O)N2c3ccc(F)cc3[C@@H](CC(=O)NCCCN3CCN(C)CC3)[C@H]2C)c(C)c1C. The highest BCUT2D eigenvalue weighted by atomic mass is 32.2. The number of anilines is 1. The summed E-state index contributed by atoms with van der Waals surface area (Å²) in [4.78, 5) is 17.8. The van der Waals surface area contributed by atoms with Crippen molar-refractivity contribution in [2.75, 3.05) is 57.7 Å². The lowest BCUT2D eigenvalue weighted by atomic mass is 9.92. The number of methoxy groups -OCH3 is 1. The number of piperazine rings is 1. The van der Waals surface area contributed by atoms with Crippen molar-refractivity contribution in [2.24, 2.45) is 0 Å². The van der Waals surface area contributed by atoms with Crippen LogP contribution in [0.4, 0.5) is 10.1 Å². The highest BCUT2D eigenvalue weighted by molar-refractivity contribution is 7.93. The van der Waals surface area contributed by atoms with Gasteiger partial charge in [-0.05, 0) is 87.8 Å². The summed E-state index contributed by atoms with van der Waals surface area (Å²) in [7, 11) is -0.314. The van der Waals surface area contributed by atoms with Gasteiger partial charge in [-0.3, -0.25) is 9.10 Å². The van der Waals surface area contributed by atoms with Crippen LogP contribution in [0.25, 0.3) is 0 Å². The van der Waals surface area contributed by atoms with Gasteiger partial charge in [0.05, 0.1) is 23.7 Å². The highest BCUT2D eigenvalue weighted by Crippen LogP contribution is 2.46. The lowest BCUT2D eigenvalue weighted by Crippen LogP contribution is -2.45. The molecule has 2 atom stereocenters. The van der Waals surface area contributed by atoms with Gasteiger partial charge in [0.1, 0.15) is 11.6 Å². The fourth-order valence-corrected chi connectivity index (χ4v) is 7.55. The number of rotatable bonds is 9. The van der Waals surface area contributed by atoms with E-state index in [-0.39, 0.29) is 17.2 Å². The molecular weight excluding hydrogens is 507 g/mol. The number of sulfonamides is 1. The summed E-state index contributed by atoms with van der Waals surface area (Å²) in [5, 5.41) is 2.99. The van der Waals surface area contributed by atoms with Crippen LogP contribution in [0.2, 0.25) is 0 Å². The molecular formula is C28H39FN4O4S. The first-order valence-corrected chi connectivity index (χ1v) is 14.6. The first-order chi connectivity index (χ1) is 18.0. The van der Waals surface area contributed by atoms with Crippen molar-refractivity contribution in [1.29, 1.82) is 0 Å². The van der Waals surface area contributed by atoms with Gasteiger partial charge < -0.3 is 19.9 Å². The van der Waals surface area contributed by atoms with Gasteiger partial charge in [0.2, 0.25) is 5.91 Å². The van der Waals surface area contributed by atoms with Gasteiger partial charge >= 0.3 is 0 Å². The third kappa shape index (κ3) is 5.67. The van der Waals surface area contributed by atoms with E-state index in [2.05, 4.69) is 22.2 Å². The number of likely N-dealkylation sites (N-methyl/N-ethyl adjacent to an activating group) is 1. The first-order valence-electron chi connectivity index (χ1n) is 13.2. The van der Waals surface area contributed by atoms with Crippen LogP contribution in [-0.4, -0.2) is 83.6 Å². The Kier molecular flexibility index (Phi) is 8.64. The number of amides is 1. The maximum Gasteiger partial charge on any atom is 0.264 e. The molecule has 0 aliphatic carbocycles. The maximum absolute atomic E-state index is 14.3. The third-order valence-corrected chi connectivity index (χ3v) is 10.0. The van der Waals surface area contributed by atoms with Crippen LogP contribution in [0, 0.1) is 19.7 Å². The Balaban J connectivity index is 1.49. The molecule has 2 aromatic carbocycles. The maximum atomic E-state index is 14.3. The van der Waals surface area contributed by atoms with Gasteiger partial charge in [-0.15, -0.1) is 0 Å². The largest absolute Gasteiger partial charge is 0.496 e. The Morgan fingerprint density at radius 2 is 1.82 bits per heavy atom. The van der Waals surface area contributed by atoms with E-state index in [1.54, 1.807) is 33.1 Å². The fourth-order valence-electron chi connectivity index (χ4n) is 5.55. The van der Waals surface area contributed by atoms with E-state index in [9.17, 15) is 17.6 Å². The molecule has 38 heavy (non-hydrogen) atoms. The van der Waals surface area contributed by atoms with Gasteiger partial charge in [-0.1, -0.05) is 0 Å². The number of hydrogen-bond acceptors (Lipinski definition) is 6. The van der Waals surface area contributed by atoms with E-state index < -0.39 is 27.8 Å². The molecule has 2 aliphatic heterocycles. The predicted molar refractivity (Wildman–Crippen MR) is 147 cm³/mol. The lowest BCUT2D eigenvalue weighted by molar-refractivity contribution is -0.121. The molecule has 0 saturated carbocycles. The summed E-state index contributed by atoms with van der Waals surface area (Å²) in [6, 6.07) is 6.76. The zero-order chi connectivity index (χ0) is 27.6. The second-order valence-electron chi connectivity index (χ2n) is 10.4. The van der Waals surface area contributed by atoms with E-state index in [1.165, 1.54) is 22.5 Å². The Hall–Kier alpha value is -2.69. The molecule has 1 N–H and O–H groups in total. The number of halogens is 1.